The van der Waals surface area contributed by atoms with Gasteiger partial charge >= 0.3 is 0 Å². The van der Waals surface area contributed by atoms with Gasteiger partial charge in [0.25, 0.3) is 0 Å². The molecule has 0 atom stereocenters. The standard InChI is InChI=1S/C18H23N5/c1-3-16-19-15-7-5-4-6-14(15)18-21-20-17(23(16)18)12-22-10-8-13(2)9-11-22/h4-7,13H,3,8-12H2,1-2H3/p+1. The number of aryl methyl sites for hydroxylation is 1. The van der Waals surface area contributed by atoms with Crippen LogP contribution in [0.2, 0.25) is 0 Å². The van der Waals surface area contributed by atoms with Gasteiger partial charge in [-0.2, -0.15) is 0 Å². The molecule has 5 nitrogen and oxygen atoms in total. The van der Waals surface area contributed by atoms with Crippen molar-refractivity contribution in [2.75, 3.05) is 13.1 Å². The van der Waals surface area contributed by atoms with Crippen LogP contribution >= 0.6 is 0 Å². The molecule has 0 radical (unpaired) electrons. The van der Waals surface area contributed by atoms with E-state index in [-0.39, 0.29) is 0 Å². The quantitative estimate of drug-likeness (QED) is 0.800. The Balaban J connectivity index is 1.77. The van der Waals surface area contributed by atoms with Crippen molar-refractivity contribution < 1.29 is 4.90 Å². The Kier molecular flexibility index (Phi) is 3.73. The minimum Gasteiger partial charge on any atom is -0.329 e. The Morgan fingerprint density at radius 2 is 1.91 bits per heavy atom. The zero-order chi connectivity index (χ0) is 15.8. The average Bonchev–Trinajstić information content (AvgIpc) is 3.00. The minimum atomic E-state index is 0.866. The fraction of sp³-hybridized carbons (Fsp3) is 0.500. The summed E-state index contributed by atoms with van der Waals surface area (Å²) in [6.45, 7) is 7.92. The summed E-state index contributed by atoms with van der Waals surface area (Å²) in [5.41, 5.74) is 1.96. The smallest absolute Gasteiger partial charge is 0.194 e. The first-order valence-electron chi connectivity index (χ1n) is 8.71. The molecule has 4 rings (SSSR count). The lowest BCUT2D eigenvalue weighted by Crippen LogP contribution is -3.11. The highest BCUT2D eigenvalue weighted by Crippen LogP contribution is 2.19. The van der Waals surface area contributed by atoms with Gasteiger partial charge in [-0.25, -0.2) is 4.98 Å². The largest absolute Gasteiger partial charge is 0.329 e. The van der Waals surface area contributed by atoms with E-state index >= 15 is 0 Å². The molecule has 0 aliphatic carbocycles. The van der Waals surface area contributed by atoms with Crippen LogP contribution in [0, 0.1) is 5.92 Å². The predicted octanol–water partition coefficient (Wildman–Crippen LogP) is 1.65. The van der Waals surface area contributed by atoms with E-state index < -0.39 is 0 Å². The molecule has 1 aliphatic heterocycles. The van der Waals surface area contributed by atoms with Crippen molar-refractivity contribution in [1.82, 2.24) is 19.6 Å². The maximum Gasteiger partial charge on any atom is 0.194 e. The van der Waals surface area contributed by atoms with Crippen molar-refractivity contribution in [3.63, 3.8) is 0 Å². The number of quaternary nitrogens is 1. The Morgan fingerprint density at radius 3 is 2.70 bits per heavy atom. The number of rotatable bonds is 3. The van der Waals surface area contributed by atoms with E-state index in [2.05, 4.69) is 40.6 Å². The third kappa shape index (κ3) is 2.59. The number of piperidine rings is 1. The number of fused-ring (bicyclic) bond motifs is 3. The van der Waals surface area contributed by atoms with Gasteiger partial charge in [-0.3, -0.25) is 4.40 Å². The van der Waals surface area contributed by atoms with Crippen LogP contribution in [0.1, 0.15) is 38.3 Å². The van der Waals surface area contributed by atoms with E-state index in [1.54, 1.807) is 4.90 Å². The lowest BCUT2D eigenvalue weighted by atomic mass is 9.99. The average molecular weight is 310 g/mol. The molecule has 3 heterocycles. The normalized spacial score (nSPS) is 22.0. The molecule has 120 valence electrons. The van der Waals surface area contributed by atoms with E-state index in [0.717, 1.165) is 47.1 Å². The van der Waals surface area contributed by atoms with Gasteiger partial charge in [0.05, 0.1) is 18.6 Å². The van der Waals surface area contributed by atoms with Gasteiger partial charge < -0.3 is 4.90 Å². The molecule has 2 aromatic heterocycles. The van der Waals surface area contributed by atoms with E-state index in [1.165, 1.54) is 25.9 Å². The second kappa shape index (κ2) is 5.89. The number of likely N-dealkylation sites (tertiary alicyclic amines) is 1. The molecular weight excluding hydrogens is 286 g/mol. The van der Waals surface area contributed by atoms with E-state index in [4.69, 9.17) is 4.98 Å². The maximum absolute atomic E-state index is 4.83. The van der Waals surface area contributed by atoms with Gasteiger partial charge in [0.1, 0.15) is 12.4 Å². The van der Waals surface area contributed by atoms with Gasteiger partial charge in [-0.05, 0) is 30.9 Å². The molecule has 3 aromatic rings. The van der Waals surface area contributed by atoms with Crippen molar-refractivity contribution in [3.8, 4) is 0 Å². The van der Waals surface area contributed by atoms with Crippen LogP contribution in [0.15, 0.2) is 24.3 Å². The number of nitrogens with one attached hydrogen (secondary N) is 1. The van der Waals surface area contributed by atoms with Crippen molar-refractivity contribution in [3.05, 3.63) is 35.9 Å². The zero-order valence-electron chi connectivity index (χ0n) is 13.9. The van der Waals surface area contributed by atoms with Crippen LogP contribution < -0.4 is 4.90 Å². The number of aromatic nitrogens is 4. The second-order valence-electron chi connectivity index (χ2n) is 6.78. The molecule has 0 saturated carbocycles. The lowest BCUT2D eigenvalue weighted by Gasteiger charge is -2.26. The summed E-state index contributed by atoms with van der Waals surface area (Å²) in [7, 11) is 0. The highest BCUT2D eigenvalue weighted by atomic mass is 15.3. The molecule has 23 heavy (non-hydrogen) atoms. The van der Waals surface area contributed by atoms with Gasteiger partial charge in [0, 0.05) is 11.8 Å². The van der Waals surface area contributed by atoms with Crippen LogP contribution in [-0.4, -0.2) is 32.7 Å². The molecule has 1 fully saturated rings. The highest BCUT2D eigenvalue weighted by Gasteiger charge is 2.22. The summed E-state index contributed by atoms with van der Waals surface area (Å²) in [4.78, 5) is 6.45. The predicted molar refractivity (Wildman–Crippen MR) is 90.5 cm³/mol. The zero-order valence-corrected chi connectivity index (χ0v) is 13.9. The summed E-state index contributed by atoms with van der Waals surface area (Å²) in [6, 6.07) is 8.22. The number of benzene rings is 1. The van der Waals surface area contributed by atoms with Crippen LogP contribution in [0.25, 0.3) is 16.6 Å². The third-order valence-corrected chi connectivity index (χ3v) is 5.09. The fourth-order valence-electron chi connectivity index (χ4n) is 3.63. The summed E-state index contributed by atoms with van der Waals surface area (Å²) >= 11 is 0. The molecule has 0 bridgehead atoms. The van der Waals surface area contributed by atoms with Crippen molar-refractivity contribution in [1.29, 1.82) is 0 Å². The van der Waals surface area contributed by atoms with Gasteiger partial charge in [0.15, 0.2) is 11.5 Å². The Bertz CT molecular complexity index is 830. The molecule has 1 aliphatic rings. The van der Waals surface area contributed by atoms with Crippen molar-refractivity contribution >= 4 is 16.6 Å². The number of para-hydroxylation sites is 1. The fourth-order valence-corrected chi connectivity index (χ4v) is 3.63. The van der Waals surface area contributed by atoms with Crippen LogP contribution in [-0.2, 0) is 13.0 Å². The molecule has 1 aromatic carbocycles. The molecule has 5 heteroatoms. The van der Waals surface area contributed by atoms with Crippen molar-refractivity contribution in [2.24, 2.45) is 5.92 Å². The summed E-state index contributed by atoms with van der Waals surface area (Å²) in [5, 5.41) is 10.1. The molecule has 1 N–H and O–H groups in total. The molecular formula is C18H24N5+. The van der Waals surface area contributed by atoms with Gasteiger partial charge in [0.2, 0.25) is 0 Å². The number of hydrogen-bond donors (Lipinski definition) is 1. The number of hydrogen-bond acceptors (Lipinski definition) is 3. The van der Waals surface area contributed by atoms with Crippen LogP contribution in [0.4, 0.5) is 0 Å². The van der Waals surface area contributed by atoms with Gasteiger partial charge in [-0.15, -0.1) is 10.2 Å². The first kappa shape index (κ1) is 14.6. The molecule has 0 spiro atoms. The Morgan fingerprint density at radius 1 is 1.13 bits per heavy atom. The first-order chi connectivity index (χ1) is 11.3. The SMILES string of the molecule is CCc1nc2ccccc2c2nnc(C[NH+]3CCC(C)CC3)n12. The van der Waals surface area contributed by atoms with Gasteiger partial charge in [-0.1, -0.05) is 26.0 Å². The lowest BCUT2D eigenvalue weighted by molar-refractivity contribution is -0.920. The van der Waals surface area contributed by atoms with Crippen LogP contribution in [0.5, 0.6) is 0 Å². The monoisotopic (exact) mass is 310 g/mol. The third-order valence-electron chi connectivity index (χ3n) is 5.09. The molecule has 1 saturated heterocycles. The highest BCUT2D eigenvalue weighted by molar-refractivity contribution is 5.91. The maximum atomic E-state index is 4.83. The van der Waals surface area contributed by atoms with E-state index in [1.807, 2.05) is 12.1 Å². The molecule has 0 amide bonds. The first-order valence-corrected chi connectivity index (χ1v) is 8.71. The minimum absolute atomic E-state index is 0.866. The summed E-state index contributed by atoms with van der Waals surface area (Å²) < 4.78 is 2.19. The number of nitrogens with zero attached hydrogens (tertiary/aromatic N) is 4. The Labute approximate surface area is 136 Å². The van der Waals surface area contributed by atoms with Crippen LogP contribution in [0.3, 0.4) is 0 Å². The Hall–Kier alpha value is -2.01. The van der Waals surface area contributed by atoms with Crippen molar-refractivity contribution in [2.45, 2.75) is 39.7 Å². The topological polar surface area (TPSA) is 47.5 Å². The van der Waals surface area contributed by atoms with E-state index in [9.17, 15) is 0 Å². The molecule has 0 unspecified atom stereocenters. The van der Waals surface area contributed by atoms with E-state index in [0.29, 0.717) is 0 Å². The summed E-state index contributed by atoms with van der Waals surface area (Å²) in [6.07, 6.45) is 3.51. The summed E-state index contributed by atoms with van der Waals surface area (Å²) in [5.74, 6) is 2.98. The second-order valence-corrected chi connectivity index (χ2v) is 6.78.